The summed E-state index contributed by atoms with van der Waals surface area (Å²) < 4.78 is 10.3. The van der Waals surface area contributed by atoms with Gasteiger partial charge in [0, 0.05) is 56.6 Å². The lowest BCUT2D eigenvalue weighted by Gasteiger charge is -2.42. The van der Waals surface area contributed by atoms with Crippen LogP contribution in [0.5, 0.6) is 0 Å². The minimum absolute atomic E-state index is 0.00997. The lowest BCUT2D eigenvalue weighted by Crippen LogP contribution is -2.63. The van der Waals surface area contributed by atoms with E-state index in [2.05, 4.69) is 28.1 Å². The van der Waals surface area contributed by atoms with Gasteiger partial charge in [0.1, 0.15) is 35.4 Å². The van der Waals surface area contributed by atoms with E-state index in [9.17, 15) is 19.2 Å². The molecule has 458 valence electrons. The highest BCUT2D eigenvalue weighted by Crippen LogP contribution is 2.41. The number of likely N-dealkylation sites (tertiary alicyclic amines) is 1. The van der Waals surface area contributed by atoms with Crippen LogP contribution >= 0.6 is 11.8 Å². The molecule has 18 heteroatoms. The first-order valence-corrected chi connectivity index (χ1v) is 31.2. The highest BCUT2D eigenvalue weighted by atomic mass is 32.2. The minimum atomic E-state index is -1.15. The van der Waals surface area contributed by atoms with E-state index in [1.165, 1.54) is 46.8 Å². The van der Waals surface area contributed by atoms with Crippen molar-refractivity contribution in [3.8, 4) is 0 Å². The fourth-order valence-electron chi connectivity index (χ4n) is 12.0. The molecule has 7 rings (SSSR count). The van der Waals surface area contributed by atoms with Gasteiger partial charge < -0.3 is 40.1 Å². The van der Waals surface area contributed by atoms with E-state index in [4.69, 9.17) is 9.47 Å². The van der Waals surface area contributed by atoms with E-state index in [1.807, 2.05) is 95.5 Å². The number of benzene rings is 3. The Labute approximate surface area is 502 Å². The van der Waals surface area contributed by atoms with Crippen molar-refractivity contribution < 1.29 is 47.8 Å². The second-order valence-corrected chi connectivity index (χ2v) is 28.8. The molecule has 1 fully saturated rings. The Bertz CT molecular complexity index is 2960. The van der Waals surface area contributed by atoms with Crippen LogP contribution in [0.25, 0.3) is 0 Å². The molecule has 7 amide bonds. The first-order chi connectivity index (χ1) is 39.2. The average molecular weight is 1180 g/mol. The van der Waals surface area contributed by atoms with Crippen LogP contribution in [-0.2, 0) is 64.0 Å². The molecule has 0 spiro atoms. The highest BCUT2D eigenvalue weighted by Gasteiger charge is 2.48. The van der Waals surface area contributed by atoms with E-state index in [0.29, 0.717) is 0 Å². The summed E-state index contributed by atoms with van der Waals surface area (Å²) in [6.45, 7) is 23.3. The van der Waals surface area contributed by atoms with E-state index < -0.39 is 81.5 Å². The number of hydrogen-bond acceptors (Lipinski definition) is 11. The van der Waals surface area contributed by atoms with Gasteiger partial charge in [-0.2, -0.15) is 11.8 Å². The summed E-state index contributed by atoms with van der Waals surface area (Å²) in [5, 5.41) is 9.68. The van der Waals surface area contributed by atoms with Crippen LogP contribution in [0.1, 0.15) is 185 Å². The predicted molar refractivity (Wildman–Crippen MR) is 327 cm³/mol. The number of carbonyl (C=O) groups is 8. The van der Waals surface area contributed by atoms with Crippen molar-refractivity contribution in [3.05, 3.63) is 106 Å². The smallest absolute Gasteiger partial charge is 0.410 e. The summed E-state index contributed by atoms with van der Waals surface area (Å²) in [5.74, 6) is -3.52. The second-order valence-electron chi connectivity index (χ2n) is 27.3. The quantitative estimate of drug-likeness (QED) is 0.123. The van der Waals surface area contributed by atoms with E-state index >= 15 is 19.2 Å². The van der Waals surface area contributed by atoms with Crippen molar-refractivity contribution in [2.75, 3.05) is 26.9 Å². The first kappa shape index (κ1) is 65.1. The van der Waals surface area contributed by atoms with E-state index in [0.717, 1.165) is 66.3 Å². The Kier molecular flexibility index (Phi) is 20.2. The number of ether oxygens (including phenoxy) is 2. The molecule has 17 nitrogen and oxygen atoms in total. The van der Waals surface area contributed by atoms with Gasteiger partial charge >= 0.3 is 12.2 Å². The maximum atomic E-state index is 15.6. The largest absolute Gasteiger partial charge is 0.444 e. The number of carbonyl (C=O) groups excluding carboxylic acids is 8. The number of amides is 7. The third-order valence-corrected chi connectivity index (χ3v) is 18.8. The van der Waals surface area contributed by atoms with Crippen LogP contribution in [0.4, 0.5) is 9.59 Å². The molecular formula is C66H93N7O10S. The Morgan fingerprint density at radius 3 is 1.67 bits per heavy atom. The molecule has 3 N–H and O–H groups in total. The molecule has 3 unspecified atom stereocenters. The topological polar surface area (TPSA) is 204 Å². The number of ketones is 1. The summed E-state index contributed by atoms with van der Waals surface area (Å²) in [5.41, 5.74) is 4.59. The predicted octanol–water partition coefficient (Wildman–Crippen LogP) is 9.77. The molecule has 0 bridgehead atoms. The second kappa shape index (κ2) is 26.0. The third-order valence-electron chi connectivity index (χ3n) is 17.6. The number of rotatable bonds is 16. The standard InChI is InChI=1S/C66H93N7O10S/c1-39(70(14)61(80)82-64(6,7)8)54(74)36-49(63(3,4)5)59(78)72-38-46(35-53(72)58(77)68-51-30-22-26-42-24-18-20-28-48(42)51)43-31-32-44-34-52(57(76)67-50-29-21-25-41-23-17-19-27-47(41)50)73(37-45(44)33-43)60(79)55(66(12,13)84-16)69-56(75)40(2)71(15)62(81)83-65(9,10)11/h17-20,23-24,27-28,31-33,39-40,46,49-53,55H,21-22,25-26,29-30,34-38H2,1-16H3,(H,67,76)(H,68,77)(H,69,75)/t39-,40-,46?,49+,50?,51?,52-,53-,55+/m0/s1. The van der Waals surface area contributed by atoms with Crippen LogP contribution in [0, 0.1) is 11.3 Å². The van der Waals surface area contributed by atoms with Gasteiger partial charge in [-0.25, -0.2) is 9.59 Å². The molecule has 9 atom stereocenters. The van der Waals surface area contributed by atoms with Crippen molar-refractivity contribution in [2.24, 2.45) is 11.3 Å². The molecule has 0 aromatic heterocycles. The van der Waals surface area contributed by atoms with Gasteiger partial charge in [0.2, 0.25) is 29.5 Å². The van der Waals surface area contributed by atoms with Gasteiger partial charge in [-0.3, -0.25) is 33.7 Å². The van der Waals surface area contributed by atoms with Crippen LogP contribution in [0.15, 0.2) is 66.7 Å². The van der Waals surface area contributed by atoms with Gasteiger partial charge in [0.05, 0.1) is 18.1 Å². The molecule has 3 aromatic rings. The Morgan fingerprint density at radius 2 is 1.15 bits per heavy atom. The molecule has 2 heterocycles. The molecule has 2 aliphatic carbocycles. The SMILES string of the molecule is CSC(C)(C)[C@H](NC(=O)[C@H](C)N(C)C(=O)OC(C)(C)C)C(=O)N1Cc2cc(C3C[C@@H](C(=O)NC4CCCc5ccccc54)N(C(=O)[C@@H](CC(=O)[C@H](C)N(C)C(=O)OC(C)(C)C)C(C)(C)C)C3)ccc2C[C@H]1C(=O)NC1CCCc2ccccc21. The number of nitrogens with one attached hydrogen (secondary N) is 3. The van der Waals surface area contributed by atoms with Crippen molar-refractivity contribution >= 4 is 59.3 Å². The van der Waals surface area contributed by atoms with Gasteiger partial charge in [0.15, 0.2) is 5.78 Å². The van der Waals surface area contributed by atoms with E-state index in [1.54, 1.807) is 65.2 Å². The van der Waals surface area contributed by atoms with Crippen LogP contribution in [0.2, 0.25) is 0 Å². The third kappa shape index (κ3) is 15.3. The Hall–Kier alpha value is -6.43. The fraction of sp³-hybridized carbons (Fsp3) is 0.606. The zero-order chi connectivity index (χ0) is 62.0. The number of aryl methyl sites for hydroxylation is 2. The number of thioether (sulfide) groups is 1. The average Bonchev–Trinajstić information content (AvgIpc) is 4.05. The molecule has 1 saturated heterocycles. The van der Waals surface area contributed by atoms with Crippen LogP contribution in [0.3, 0.4) is 0 Å². The molecule has 84 heavy (non-hydrogen) atoms. The van der Waals surface area contributed by atoms with Gasteiger partial charge in [-0.1, -0.05) is 87.5 Å². The summed E-state index contributed by atoms with van der Waals surface area (Å²) in [6.07, 6.45) is 5.82. The fourth-order valence-corrected chi connectivity index (χ4v) is 12.4. The number of fused-ring (bicyclic) bond motifs is 3. The monoisotopic (exact) mass is 1180 g/mol. The van der Waals surface area contributed by atoms with Gasteiger partial charge in [-0.15, -0.1) is 0 Å². The number of likely N-dealkylation sites (N-methyl/N-ethyl adjacent to an activating group) is 2. The highest BCUT2D eigenvalue weighted by molar-refractivity contribution is 8.00. The zero-order valence-corrected chi connectivity index (χ0v) is 53.4. The maximum Gasteiger partial charge on any atom is 0.410 e. The summed E-state index contributed by atoms with van der Waals surface area (Å²) in [6, 6.07) is 16.7. The zero-order valence-electron chi connectivity index (χ0n) is 52.6. The molecule has 0 saturated carbocycles. The van der Waals surface area contributed by atoms with Crippen LogP contribution < -0.4 is 16.0 Å². The van der Waals surface area contributed by atoms with Crippen molar-refractivity contribution in [1.29, 1.82) is 0 Å². The summed E-state index contributed by atoms with van der Waals surface area (Å²) >= 11 is 1.39. The van der Waals surface area contributed by atoms with Gasteiger partial charge in [0.25, 0.3) is 0 Å². The Morgan fingerprint density at radius 1 is 0.643 bits per heavy atom. The van der Waals surface area contributed by atoms with Crippen molar-refractivity contribution in [3.63, 3.8) is 0 Å². The number of hydrogen-bond donors (Lipinski definition) is 3. The van der Waals surface area contributed by atoms with Crippen LogP contribution in [-0.4, -0.2) is 140 Å². The molecule has 2 aliphatic heterocycles. The maximum absolute atomic E-state index is 15.6. The molecule has 0 radical (unpaired) electrons. The number of Topliss-reactive ketones (excluding diaryl/α,β-unsaturated/α-hetero) is 1. The summed E-state index contributed by atoms with van der Waals surface area (Å²) in [4.78, 5) is 122. The lowest BCUT2D eigenvalue weighted by atomic mass is 9.76. The lowest BCUT2D eigenvalue weighted by molar-refractivity contribution is -0.146. The summed E-state index contributed by atoms with van der Waals surface area (Å²) in [7, 11) is 2.98. The van der Waals surface area contributed by atoms with Crippen molar-refractivity contribution in [2.45, 2.75) is 219 Å². The number of nitrogens with zero attached hydrogens (tertiary/aromatic N) is 4. The molecule has 4 aliphatic rings. The minimum Gasteiger partial charge on any atom is -0.444 e. The van der Waals surface area contributed by atoms with Crippen molar-refractivity contribution in [1.82, 2.24) is 35.6 Å². The first-order valence-electron chi connectivity index (χ1n) is 30.0. The molecular weight excluding hydrogens is 1080 g/mol. The van der Waals surface area contributed by atoms with E-state index in [-0.39, 0.29) is 73.9 Å². The normalized spacial score (nSPS) is 21.2. The Balaban J connectivity index is 1.23. The van der Waals surface area contributed by atoms with Gasteiger partial charge in [-0.05, 0) is 165 Å². The molecule has 3 aromatic carbocycles.